The molecule has 7 nitrogen and oxygen atoms in total. The fourth-order valence-corrected chi connectivity index (χ4v) is 3.61. The summed E-state index contributed by atoms with van der Waals surface area (Å²) in [6, 6.07) is 8.43. The molecule has 3 rings (SSSR count). The van der Waals surface area contributed by atoms with Gasteiger partial charge in [0.1, 0.15) is 12.7 Å². The fraction of sp³-hybridized carbons (Fsp3) is 0.368. The molecule has 0 fully saturated rings. The van der Waals surface area contributed by atoms with Crippen molar-refractivity contribution >= 4 is 17.3 Å². The lowest BCUT2D eigenvalue weighted by Gasteiger charge is -2.12. The van der Waals surface area contributed by atoms with Gasteiger partial charge in [0.2, 0.25) is 0 Å². The van der Waals surface area contributed by atoms with Crippen molar-refractivity contribution in [2.75, 3.05) is 13.6 Å². The van der Waals surface area contributed by atoms with Gasteiger partial charge < -0.3 is 10.6 Å². The Morgan fingerprint density at radius 3 is 2.78 bits per heavy atom. The minimum Gasteiger partial charge on any atom is -0.356 e. The molecule has 3 aromatic rings. The second kappa shape index (κ2) is 9.27. The third kappa shape index (κ3) is 5.62. The molecule has 0 unspecified atom stereocenters. The summed E-state index contributed by atoms with van der Waals surface area (Å²) in [5.74, 6) is 0.793. The van der Waals surface area contributed by atoms with E-state index in [0.717, 1.165) is 29.6 Å². The van der Waals surface area contributed by atoms with Crippen LogP contribution in [-0.4, -0.2) is 39.3 Å². The van der Waals surface area contributed by atoms with Crippen molar-refractivity contribution < 1.29 is 0 Å². The summed E-state index contributed by atoms with van der Waals surface area (Å²) < 4.78 is 1.81. The van der Waals surface area contributed by atoms with Crippen LogP contribution in [0.4, 0.5) is 0 Å². The Kier molecular flexibility index (Phi) is 6.54. The number of thiazole rings is 1. The largest absolute Gasteiger partial charge is 0.356 e. The van der Waals surface area contributed by atoms with Crippen LogP contribution >= 0.6 is 11.3 Å². The number of nitrogens with one attached hydrogen (secondary N) is 2. The molecule has 0 spiro atoms. The molecule has 0 amide bonds. The lowest BCUT2D eigenvalue weighted by atomic mass is 10.1. The molecular weight excluding hydrogens is 358 g/mol. The van der Waals surface area contributed by atoms with Crippen molar-refractivity contribution in [2.24, 2.45) is 4.99 Å². The Hall–Kier alpha value is -2.74. The predicted octanol–water partition coefficient (Wildman–Crippen LogP) is 2.31. The monoisotopic (exact) mass is 383 g/mol. The normalized spacial score (nSPS) is 11.6. The number of aromatic nitrogens is 4. The van der Waals surface area contributed by atoms with Gasteiger partial charge in [0, 0.05) is 31.4 Å². The molecule has 142 valence electrons. The van der Waals surface area contributed by atoms with Crippen LogP contribution in [0.15, 0.2) is 41.9 Å². The quantitative estimate of drug-likeness (QED) is 0.483. The summed E-state index contributed by atoms with van der Waals surface area (Å²) in [5.41, 5.74) is 3.52. The highest BCUT2D eigenvalue weighted by Crippen LogP contribution is 2.16. The highest BCUT2D eigenvalue weighted by atomic mass is 32.1. The third-order valence-corrected chi connectivity index (χ3v) is 5.32. The van der Waals surface area contributed by atoms with Crippen molar-refractivity contribution in [3.63, 3.8) is 0 Å². The number of rotatable bonds is 7. The maximum absolute atomic E-state index is 4.57. The van der Waals surface area contributed by atoms with E-state index in [-0.39, 0.29) is 0 Å². The van der Waals surface area contributed by atoms with Gasteiger partial charge in [-0.15, -0.1) is 11.3 Å². The van der Waals surface area contributed by atoms with Crippen LogP contribution in [0.3, 0.4) is 0 Å². The maximum atomic E-state index is 4.57. The lowest BCUT2D eigenvalue weighted by molar-refractivity contribution is 0.683. The van der Waals surface area contributed by atoms with Gasteiger partial charge in [-0.2, -0.15) is 5.10 Å². The molecule has 0 atom stereocenters. The summed E-state index contributed by atoms with van der Waals surface area (Å²) in [6.07, 6.45) is 4.17. The first-order chi connectivity index (χ1) is 13.1. The van der Waals surface area contributed by atoms with Crippen LogP contribution in [0.1, 0.15) is 26.7 Å². The number of nitrogens with zero attached hydrogens (tertiary/aromatic N) is 5. The molecule has 0 bridgehead atoms. The summed E-state index contributed by atoms with van der Waals surface area (Å²) in [7, 11) is 1.79. The van der Waals surface area contributed by atoms with E-state index in [1.54, 1.807) is 31.0 Å². The van der Waals surface area contributed by atoms with Crippen molar-refractivity contribution in [3.05, 3.63) is 63.6 Å². The van der Waals surface area contributed by atoms with E-state index < -0.39 is 0 Å². The van der Waals surface area contributed by atoms with Gasteiger partial charge in [0.15, 0.2) is 5.96 Å². The SMILES string of the molecule is CN=C(NCCc1nc(C)c(C)s1)NCc1cccc(Cn2cncn2)c1. The van der Waals surface area contributed by atoms with Gasteiger partial charge >= 0.3 is 0 Å². The minimum atomic E-state index is 0.709. The summed E-state index contributed by atoms with van der Waals surface area (Å²) in [6.45, 7) is 6.40. The van der Waals surface area contributed by atoms with E-state index in [9.17, 15) is 0 Å². The van der Waals surface area contributed by atoms with Gasteiger partial charge in [-0.1, -0.05) is 24.3 Å². The molecule has 0 aliphatic carbocycles. The lowest BCUT2D eigenvalue weighted by Crippen LogP contribution is -2.37. The van der Waals surface area contributed by atoms with Crippen LogP contribution in [0.2, 0.25) is 0 Å². The fourth-order valence-electron chi connectivity index (χ4n) is 2.68. The number of aliphatic imine (C=N–C) groups is 1. The third-order valence-electron chi connectivity index (χ3n) is 4.19. The first-order valence-electron chi connectivity index (χ1n) is 8.91. The molecule has 0 aliphatic heterocycles. The van der Waals surface area contributed by atoms with Crippen LogP contribution in [0.5, 0.6) is 0 Å². The molecule has 0 radical (unpaired) electrons. The Balaban J connectivity index is 1.47. The number of aryl methyl sites for hydroxylation is 2. The highest BCUT2D eigenvalue weighted by Gasteiger charge is 2.05. The molecule has 0 saturated carbocycles. The van der Waals surface area contributed by atoms with Gasteiger partial charge in [-0.3, -0.25) is 4.99 Å². The van der Waals surface area contributed by atoms with Crippen molar-refractivity contribution in [1.29, 1.82) is 0 Å². The van der Waals surface area contributed by atoms with E-state index >= 15 is 0 Å². The van der Waals surface area contributed by atoms with Crippen LogP contribution in [0, 0.1) is 13.8 Å². The second-order valence-corrected chi connectivity index (χ2v) is 7.55. The number of benzene rings is 1. The van der Waals surface area contributed by atoms with E-state index in [4.69, 9.17) is 0 Å². The summed E-state index contributed by atoms with van der Waals surface area (Å²) >= 11 is 1.76. The Labute approximate surface area is 163 Å². The smallest absolute Gasteiger partial charge is 0.191 e. The standard InChI is InChI=1S/C19H25N7S/c1-14-15(2)27-18(25-14)7-8-22-19(20-3)23-10-16-5-4-6-17(9-16)11-26-13-21-12-24-26/h4-6,9,12-13H,7-8,10-11H2,1-3H3,(H2,20,22,23). The maximum Gasteiger partial charge on any atom is 0.191 e. The average Bonchev–Trinajstić information content (AvgIpc) is 3.28. The van der Waals surface area contributed by atoms with Gasteiger partial charge in [0.05, 0.1) is 17.2 Å². The molecule has 1 aromatic carbocycles. The van der Waals surface area contributed by atoms with E-state index in [1.807, 2.05) is 4.68 Å². The van der Waals surface area contributed by atoms with Crippen LogP contribution in [0.25, 0.3) is 0 Å². The number of hydrogen-bond donors (Lipinski definition) is 2. The Morgan fingerprint density at radius 2 is 2.07 bits per heavy atom. The highest BCUT2D eigenvalue weighted by molar-refractivity contribution is 7.11. The average molecular weight is 384 g/mol. The zero-order chi connectivity index (χ0) is 19.1. The first kappa shape index (κ1) is 19.0. The summed E-state index contributed by atoms with van der Waals surface area (Å²) in [5, 5.41) is 12.0. The predicted molar refractivity (Wildman–Crippen MR) is 109 cm³/mol. The van der Waals surface area contributed by atoms with Crippen LogP contribution in [-0.2, 0) is 19.5 Å². The Bertz CT molecular complexity index is 864. The van der Waals surface area contributed by atoms with Gasteiger partial charge in [0.25, 0.3) is 0 Å². The zero-order valence-corrected chi connectivity index (χ0v) is 16.8. The van der Waals surface area contributed by atoms with Crippen LogP contribution < -0.4 is 10.6 Å². The van der Waals surface area contributed by atoms with E-state index in [1.165, 1.54) is 16.0 Å². The van der Waals surface area contributed by atoms with E-state index in [2.05, 4.69) is 68.8 Å². The van der Waals surface area contributed by atoms with Gasteiger partial charge in [-0.25, -0.2) is 14.6 Å². The van der Waals surface area contributed by atoms with Gasteiger partial charge in [-0.05, 0) is 25.0 Å². The zero-order valence-electron chi connectivity index (χ0n) is 15.9. The Morgan fingerprint density at radius 1 is 1.22 bits per heavy atom. The number of hydrogen-bond acceptors (Lipinski definition) is 5. The molecule has 8 heteroatoms. The molecule has 2 N–H and O–H groups in total. The molecule has 0 aliphatic rings. The van der Waals surface area contributed by atoms with Crippen molar-refractivity contribution in [1.82, 2.24) is 30.4 Å². The van der Waals surface area contributed by atoms with Crippen molar-refractivity contribution in [2.45, 2.75) is 33.4 Å². The molecule has 2 aromatic heterocycles. The number of guanidine groups is 1. The minimum absolute atomic E-state index is 0.709. The summed E-state index contributed by atoms with van der Waals surface area (Å²) in [4.78, 5) is 14.1. The van der Waals surface area contributed by atoms with Crippen molar-refractivity contribution in [3.8, 4) is 0 Å². The second-order valence-electron chi connectivity index (χ2n) is 6.26. The molecule has 27 heavy (non-hydrogen) atoms. The molecule has 2 heterocycles. The van der Waals surface area contributed by atoms with E-state index in [0.29, 0.717) is 13.1 Å². The first-order valence-corrected chi connectivity index (χ1v) is 9.73. The molecule has 0 saturated heterocycles. The topological polar surface area (TPSA) is 80.0 Å². The molecular formula is C19H25N7S.